The van der Waals surface area contributed by atoms with E-state index in [0.29, 0.717) is 17.5 Å². The molecule has 0 unspecified atom stereocenters. The van der Waals surface area contributed by atoms with Crippen LogP contribution in [-0.4, -0.2) is 18.0 Å². The molecule has 0 aromatic heterocycles. The first-order valence-electron chi connectivity index (χ1n) is 6.83. The molecule has 1 aliphatic heterocycles. The Morgan fingerprint density at radius 2 is 1.71 bits per heavy atom. The Labute approximate surface area is 123 Å². The highest BCUT2D eigenvalue weighted by molar-refractivity contribution is 5.70. The van der Waals surface area contributed by atoms with Crippen molar-refractivity contribution < 1.29 is 4.92 Å². The number of piperidine rings is 1. The minimum atomic E-state index is -0.485. The van der Waals surface area contributed by atoms with Gasteiger partial charge in [0.2, 0.25) is 0 Å². The SMILES string of the molecule is C[C@@H]1C[C@@H](C)CN(c2cc(C#N)c(C#N)cc2[N+](=O)[O-])C1. The zero-order chi connectivity index (χ0) is 15.6. The second kappa shape index (κ2) is 5.80. The van der Waals surface area contributed by atoms with E-state index in [9.17, 15) is 10.1 Å². The molecular weight excluding hydrogens is 268 g/mol. The van der Waals surface area contributed by atoms with Crippen molar-refractivity contribution in [2.24, 2.45) is 11.8 Å². The number of nitro benzene ring substituents is 1. The molecule has 0 aliphatic carbocycles. The molecule has 0 N–H and O–H groups in total. The molecule has 108 valence electrons. The van der Waals surface area contributed by atoms with Crippen LogP contribution in [0.3, 0.4) is 0 Å². The van der Waals surface area contributed by atoms with Crippen LogP contribution < -0.4 is 4.90 Å². The van der Waals surface area contributed by atoms with Crippen LogP contribution in [0, 0.1) is 44.6 Å². The van der Waals surface area contributed by atoms with Crippen LogP contribution in [0.5, 0.6) is 0 Å². The van der Waals surface area contributed by atoms with Gasteiger partial charge in [-0.1, -0.05) is 13.8 Å². The van der Waals surface area contributed by atoms with Crippen LogP contribution in [0.25, 0.3) is 0 Å². The summed E-state index contributed by atoms with van der Waals surface area (Å²) in [5.41, 5.74) is 0.566. The Bertz CT molecular complexity index is 647. The fourth-order valence-electron chi connectivity index (χ4n) is 3.02. The summed E-state index contributed by atoms with van der Waals surface area (Å²) in [7, 11) is 0. The van der Waals surface area contributed by atoms with E-state index in [-0.39, 0.29) is 16.8 Å². The lowest BCUT2D eigenvalue weighted by atomic mass is 9.91. The fourth-order valence-corrected chi connectivity index (χ4v) is 3.02. The predicted molar refractivity (Wildman–Crippen MR) is 77.7 cm³/mol. The van der Waals surface area contributed by atoms with E-state index >= 15 is 0 Å². The number of hydrogen-bond acceptors (Lipinski definition) is 5. The summed E-state index contributed by atoms with van der Waals surface area (Å²) < 4.78 is 0. The molecule has 2 rings (SSSR count). The third-order valence-corrected chi connectivity index (χ3v) is 3.76. The normalized spacial score (nSPS) is 21.4. The van der Waals surface area contributed by atoms with E-state index in [1.54, 1.807) is 0 Å². The first-order chi connectivity index (χ1) is 9.96. The average molecular weight is 284 g/mol. The van der Waals surface area contributed by atoms with Crippen molar-refractivity contribution in [2.75, 3.05) is 18.0 Å². The first-order valence-corrected chi connectivity index (χ1v) is 6.83. The lowest BCUT2D eigenvalue weighted by molar-refractivity contribution is -0.384. The molecule has 0 saturated carbocycles. The Morgan fingerprint density at radius 1 is 1.19 bits per heavy atom. The zero-order valence-corrected chi connectivity index (χ0v) is 12.0. The summed E-state index contributed by atoms with van der Waals surface area (Å²) in [4.78, 5) is 12.8. The number of hydrogen-bond donors (Lipinski definition) is 0. The van der Waals surface area contributed by atoms with Gasteiger partial charge < -0.3 is 4.90 Å². The maximum atomic E-state index is 11.3. The Kier molecular flexibility index (Phi) is 4.09. The van der Waals surface area contributed by atoms with Gasteiger partial charge in [-0.25, -0.2) is 0 Å². The van der Waals surface area contributed by atoms with Crippen molar-refractivity contribution >= 4 is 11.4 Å². The second-order valence-electron chi connectivity index (χ2n) is 5.72. The lowest BCUT2D eigenvalue weighted by Gasteiger charge is -2.36. The maximum Gasteiger partial charge on any atom is 0.293 e. The highest BCUT2D eigenvalue weighted by Gasteiger charge is 2.28. The highest BCUT2D eigenvalue weighted by Crippen LogP contribution is 2.35. The van der Waals surface area contributed by atoms with Gasteiger partial charge in [-0.05, 0) is 24.3 Å². The standard InChI is InChI=1S/C15H16N4O2/c1-10-3-11(2)9-18(8-10)14-4-12(6-16)13(7-17)5-15(14)19(20)21/h4-5,10-11H,3,8-9H2,1-2H3/t10-,11-/m1/s1. The summed E-state index contributed by atoms with van der Waals surface area (Å²) in [5.74, 6) is 0.879. The Hall–Kier alpha value is -2.60. The molecule has 1 fully saturated rings. The number of anilines is 1. The van der Waals surface area contributed by atoms with Crippen molar-refractivity contribution in [3.63, 3.8) is 0 Å². The molecule has 1 aliphatic rings. The van der Waals surface area contributed by atoms with Gasteiger partial charge in [0.1, 0.15) is 17.8 Å². The van der Waals surface area contributed by atoms with Crippen LogP contribution >= 0.6 is 0 Å². The van der Waals surface area contributed by atoms with Crippen LogP contribution in [0.2, 0.25) is 0 Å². The number of nitrogens with zero attached hydrogens (tertiary/aromatic N) is 4. The van der Waals surface area contributed by atoms with E-state index in [0.717, 1.165) is 19.5 Å². The quantitative estimate of drug-likeness (QED) is 0.614. The molecule has 1 heterocycles. The van der Waals surface area contributed by atoms with E-state index in [2.05, 4.69) is 13.8 Å². The summed E-state index contributed by atoms with van der Waals surface area (Å²) >= 11 is 0. The van der Waals surface area contributed by atoms with Gasteiger partial charge >= 0.3 is 0 Å². The van der Waals surface area contributed by atoms with Crippen molar-refractivity contribution in [3.8, 4) is 12.1 Å². The molecule has 0 radical (unpaired) electrons. The minimum absolute atomic E-state index is 0.0473. The van der Waals surface area contributed by atoms with Gasteiger partial charge in [-0.2, -0.15) is 10.5 Å². The topological polar surface area (TPSA) is 94.0 Å². The van der Waals surface area contributed by atoms with Gasteiger partial charge in [0, 0.05) is 19.2 Å². The molecule has 6 nitrogen and oxygen atoms in total. The van der Waals surface area contributed by atoms with Gasteiger partial charge in [0.15, 0.2) is 0 Å². The molecule has 1 aromatic rings. The minimum Gasteiger partial charge on any atom is -0.365 e. The van der Waals surface area contributed by atoms with E-state index in [1.807, 2.05) is 17.0 Å². The van der Waals surface area contributed by atoms with Gasteiger partial charge in [0.25, 0.3) is 5.69 Å². The summed E-state index contributed by atoms with van der Waals surface area (Å²) in [6.07, 6.45) is 1.09. The third kappa shape index (κ3) is 2.95. The van der Waals surface area contributed by atoms with Crippen molar-refractivity contribution in [1.82, 2.24) is 0 Å². The molecule has 0 bridgehead atoms. The fraction of sp³-hybridized carbons (Fsp3) is 0.467. The van der Waals surface area contributed by atoms with Crippen LogP contribution in [0.15, 0.2) is 12.1 Å². The summed E-state index contributed by atoms with van der Waals surface area (Å²) in [6, 6.07) is 6.47. The third-order valence-electron chi connectivity index (χ3n) is 3.76. The van der Waals surface area contributed by atoms with Gasteiger partial charge in [-0.15, -0.1) is 0 Å². The first kappa shape index (κ1) is 14.8. The molecule has 1 saturated heterocycles. The monoisotopic (exact) mass is 284 g/mol. The smallest absolute Gasteiger partial charge is 0.293 e. The van der Waals surface area contributed by atoms with E-state index in [4.69, 9.17) is 10.5 Å². The van der Waals surface area contributed by atoms with Crippen molar-refractivity contribution in [2.45, 2.75) is 20.3 Å². The molecule has 21 heavy (non-hydrogen) atoms. The molecule has 2 atom stereocenters. The number of nitriles is 2. The van der Waals surface area contributed by atoms with Gasteiger partial charge in [-0.3, -0.25) is 10.1 Å². The molecule has 0 amide bonds. The lowest BCUT2D eigenvalue weighted by Crippen LogP contribution is -2.39. The summed E-state index contributed by atoms with van der Waals surface area (Å²) in [5, 5.41) is 29.4. The largest absolute Gasteiger partial charge is 0.365 e. The van der Waals surface area contributed by atoms with Crippen LogP contribution in [0.4, 0.5) is 11.4 Å². The summed E-state index contributed by atoms with van der Waals surface area (Å²) in [6.45, 7) is 5.68. The molecule has 0 spiro atoms. The van der Waals surface area contributed by atoms with Gasteiger partial charge in [0.05, 0.1) is 16.1 Å². The number of nitro groups is 1. The Balaban J connectivity index is 2.54. The van der Waals surface area contributed by atoms with Crippen molar-refractivity contribution in [1.29, 1.82) is 10.5 Å². The number of rotatable bonds is 2. The van der Waals surface area contributed by atoms with E-state index < -0.39 is 4.92 Å². The van der Waals surface area contributed by atoms with Crippen LogP contribution in [-0.2, 0) is 0 Å². The molecule has 6 heteroatoms. The highest BCUT2D eigenvalue weighted by atomic mass is 16.6. The second-order valence-corrected chi connectivity index (χ2v) is 5.72. The Morgan fingerprint density at radius 3 is 2.19 bits per heavy atom. The predicted octanol–water partition coefficient (Wildman–Crippen LogP) is 2.82. The van der Waals surface area contributed by atoms with Crippen molar-refractivity contribution in [3.05, 3.63) is 33.4 Å². The average Bonchev–Trinajstić information content (AvgIpc) is 2.44. The maximum absolute atomic E-state index is 11.3. The zero-order valence-electron chi connectivity index (χ0n) is 12.0. The molecule has 1 aromatic carbocycles. The van der Waals surface area contributed by atoms with E-state index in [1.165, 1.54) is 12.1 Å². The molecular formula is C15H16N4O2. The number of benzene rings is 1. The van der Waals surface area contributed by atoms with Crippen LogP contribution in [0.1, 0.15) is 31.4 Å².